The van der Waals surface area contributed by atoms with Crippen molar-refractivity contribution in [3.63, 3.8) is 0 Å². The Balaban J connectivity index is 2.33. The maximum Gasteiger partial charge on any atom is 0.416 e. The molecule has 0 heterocycles. The molecule has 1 fully saturated rings. The van der Waals surface area contributed by atoms with E-state index in [-0.39, 0.29) is 5.41 Å². The summed E-state index contributed by atoms with van der Waals surface area (Å²) in [5.41, 5.74) is -1.42. The van der Waals surface area contributed by atoms with Gasteiger partial charge in [-0.15, -0.1) is 0 Å². The summed E-state index contributed by atoms with van der Waals surface area (Å²) >= 11 is 0. The molecular formula is C14H15F3O2. The summed E-state index contributed by atoms with van der Waals surface area (Å²) in [5, 5.41) is 9.38. The van der Waals surface area contributed by atoms with Crippen molar-refractivity contribution in [2.45, 2.75) is 38.3 Å². The lowest BCUT2D eigenvalue weighted by Crippen LogP contribution is -2.52. The van der Waals surface area contributed by atoms with Crippen molar-refractivity contribution in [3.05, 3.63) is 35.4 Å². The molecule has 1 aliphatic rings. The fourth-order valence-corrected chi connectivity index (χ4v) is 3.04. The van der Waals surface area contributed by atoms with Crippen molar-refractivity contribution in [1.29, 1.82) is 0 Å². The number of carboxylic acids is 1. The van der Waals surface area contributed by atoms with E-state index in [1.54, 1.807) is 0 Å². The molecule has 19 heavy (non-hydrogen) atoms. The Labute approximate surface area is 109 Å². The average molecular weight is 272 g/mol. The summed E-state index contributed by atoms with van der Waals surface area (Å²) < 4.78 is 37.4. The number of alkyl halides is 3. The van der Waals surface area contributed by atoms with E-state index in [2.05, 4.69) is 0 Å². The zero-order chi connectivity index (χ0) is 14.5. The van der Waals surface area contributed by atoms with E-state index < -0.39 is 23.1 Å². The number of carboxylic acid groups (broad SMARTS) is 1. The lowest BCUT2D eigenvalue weighted by atomic mass is 9.52. The van der Waals surface area contributed by atoms with Gasteiger partial charge in [0.15, 0.2) is 0 Å². The minimum absolute atomic E-state index is 0.0823. The quantitative estimate of drug-likeness (QED) is 0.888. The number of hydrogen-bond acceptors (Lipinski definition) is 1. The largest absolute Gasteiger partial charge is 0.481 e. The molecule has 5 heteroatoms. The van der Waals surface area contributed by atoms with Crippen molar-refractivity contribution in [2.24, 2.45) is 5.41 Å². The first-order valence-corrected chi connectivity index (χ1v) is 5.98. The maximum absolute atomic E-state index is 12.5. The van der Waals surface area contributed by atoms with Gasteiger partial charge >= 0.3 is 12.1 Å². The molecular weight excluding hydrogens is 257 g/mol. The zero-order valence-corrected chi connectivity index (χ0v) is 10.7. The summed E-state index contributed by atoms with van der Waals surface area (Å²) in [4.78, 5) is 11.5. The van der Waals surface area contributed by atoms with E-state index in [9.17, 15) is 23.1 Å². The molecule has 0 atom stereocenters. The topological polar surface area (TPSA) is 37.3 Å². The molecule has 1 saturated carbocycles. The first-order valence-electron chi connectivity index (χ1n) is 5.98. The van der Waals surface area contributed by atoms with Crippen LogP contribution in [0.5, 0.6) is 0 Å². The summed E-state index contributed by atoms with van der Waals surface area (Å²) in [6.07, 6.45) is -3.50. The fourth-order valence-electron chi connectivity index (χ4n) is 3.04. The molecule has 104 valence electrons. The SMILES string of the molecule is CC1(C)CC(C(=O)O)(c2ccc(C(F)(F)F)cc2)C1. The summed E-state index contributed by atoms with van der Waals surface area (Å²) in [5.74, 6) is -0.966. The normalized spacial score (nSPS) is 20.7. The van der Waals surface area contributed by atoms with Crippen LogP contribution < -0.4 is 0 Å². The highest BCUT2D eigenvalue weighted by atomic mass is 19.4. The minimum atomic E-state index is -4.40. The van der Waals surface area contributed by atoms with Crippen molar-refractivity contribution in [2.75, 3.05) is 0 Å². The monoisotopic (exact) mass is 272 g/mol. The lowest BCUT2D eigenvalue weighted by Gasteiger charge is -2.50. The molecule has 1 aromatic rings. The van der Waals surface area contributed by atoms with Crippen LogP contribution in [-0.4, -0.2) is 11.1 Å². The van der Waals surface area contributed by atoms with E-state index in [0.717, 1.165) is 12.1 Å². The van der Waals surface area contributed by atoms with Crippen molar-refractivity contribution in [3.8, 4) is 0 Å². The van der Waals surface area contributed by atoms with Crippen LogP contribution in [0.1, 0.15) is 37.8 Å². The van der Waals surface area contributed by atoms with Crippen LogP contribution >= 0.6 is 0 Å². The molecule has 1 N–H and O–H groups in total. The highest BCUT2D eigenvalue weighted by molar-refractivity contribution is 5.83. The number of rotatable bonds is 2. The number of hydrogen-bond donors (Lipinski definition) is 1. The van der Waals surface area contributed by atoms with Gasteiger partial charge < -0.3 is 5.11 Å². The molecule has 1 aliphatic carbocycles. The number of carbonyl (C=O) groups is 1. The van der Waals surface area contributed by atoms with Crippen LogP contribution in [0.2, 0.25) is 0 Å². The number of benzene rings is 1. The van der Waals surface area contributed by atoms with E-state index in [0.29, 0.717) is 18.4 Å². The zero-order valence-electron chi connectivity index (χ0n) is 10.7. The van der Waals surface area contributed by atoms with Gasteiger partial charge in [-0.3, -0.25) is 4.79 Å². The predicted molar refractivity (Wildman–Crippen MR) is 63.8 cm³/mol. The smallest absolute Gasteiger partial charge is 0.416 e. The Morgan fingerprint density at radius 2 is 1.63 bits per heavy atom. The molecule has 0 amide bonds. The van der Waals surface area contributed by atoms with Gasteiger partial charge in [0.25, 0.3) is 0 Å². The van der Waals surface area contributed by atoms with Crippen LogP contribution in [0, 0.1) is 5.41 Å². The van der Waals surface area contributed by atoms with E-state index in [1.807, 2.05) is 13.8 Å². The van der Waals surface area contributed by atoms with E-state index in [1.165, 1.54) is 12.1 Å². The molecule has 0 aromatic heterocycles. The molecule has 0 radical (unpaired) electrons. The van der Waals surface area contributed by atoms with Crippen molar-refractivity contribution in [1.82, 2.24) is 0 Å². The van der Waals surface area contributed by atoms with Gasteiger partial charge in [0.05, 0.1) is 11.0 Å². The number of halogens is 3. The van der Waals surface area contributed by atoms with Gasteiger partial charge in [-0.2, -0.15) is 13.2 Å². The third-order valence-electron chi connectivity index (χ3n) is 3.73. The van der Waals surface area contributed by atoms with Gasteiger partial charge in [-0.05, 0) is 36.0 Å². The van der Waals surface area contributed by atoms with Gasteiger partial charge in [-0.25, -0.2) is 0 Å². The summed E-state index contributed by atoms with van der Waals surface area (Å²) in [7, 11) is 0. The van der Waals surface area contributed by atoms with Crippen LogP contribution in [0.25, 0.3) is 0 Å². The third kappa shape index (κ3) is 2.33. The molecule has 2 nitrogen and oxygen atoms in total. The second-order valence-corrected chi connectivity index (χ2v) is 5.98. The first-order chi connectivity index (χ1) is 8.57. The van der Waals surface area contributed by atoms with Gasteiger partial charge in [0, 0.05) is 0 Å². The predicted octanol–water partition coefficient (Wildman–Crippen LogP) is 3.85. The molecule has 0 bridgehead atoms. The minimum Gasteiger partial charge on any atom is -0.481 e. The van der Waals surface area contributed by atoms with Crippen LogP contribution in [0.4, 0.5) is 13.2 Å². The highest BCUT2D eigenvalue weighted by Crippen LogP contribution is 2.55. The molecule has 1 aromatic carbocycles. The Bertz CT molecular complexity index is 492. The molecule has 0 unspecified atom stereocenters. The van der Waals surface area contributed by atoms with Gasteiger partial charge in [0.1, 0.15) is 0 Å². The Morgan fingerprint density at radius 1 is 1.16 bits per heavy atom. The highest BCUT2D eigenvalue weighted by Gasteiger charge is 2.55. The van der Waals surface area contributed by atoms with Gasteiger partial charge in [-0.1, -0.05) is 26.0 Å². The Hall–Kier alpha value is -1.52. The standard InChI is InChI=1S/C14H15F3O2/c1-12(2)7-13(8-12,11(18)19)9-3-5-10(6-4-9)14(15,16)17/h3-6H,7-8H2,1-2H3,(H,18,19). The van der Waals surface area contributed by atoms with E-state index >= 15 is 0 Å². The third-order valence-corrected chi connectivity index (χ3v) is 3.73. The second-order valence-electron chi connectivity index (χ2n) is 5.98. The Morgan fingerprint density at radius 3 is 1.95 bits per heavy atom. The van der Waals surface area contributed by atoms with Crippen LogP contribution in [0.15, 0.2) is 24.3 Å². The molecule has 0 spiro atoms. The van der Waals surface area contributed by atoms with Gasteiger partial charge in [0.2, 0.25) is 0 Å². The van der Waals surface area contributed by atoms with Crippen LogP contribution in [-0.2, 0) is 16.4 Å². The van der Waals surface area contributed by atoms with Crippen molar-refractivity contribution >= 4 is 5.97 Å². The van der Waals surface area contributed by atoms with Crippen LogP contribution in [0.3, 0.4) is 0 Å². The summed E-state index contributed by atoms with van der Waals surface area (Å²) in [6.45, 7) is 3.91. The number of aliphatic carboxylic acids is 1. The first kappa shape index (κ1) is 13.9. The maximum atomic E-state index is 12.5. The van der Waals surface area contributed by atoms with Crippen molar-refractivity contribution < 1.29 is 23.1 Å². The molecule has 2 rings (SSSR count). The average Bonchev–Trinajstić information content (AvgIpc) is 2.24. The fraction of sp³-hybridized carbons (Fsp3) is 0.500. The second kappa shape index (κ2) is 3.99. The van der Waals surface area contributed by atoms with E-state index in [4.69, 9.17) is 0 Å². The summed E-state index contributed by atoms with van der Waals surface area (Å²) in [6, 6.07) is 4.47. The lowest BCUT2D eigenvalue weighted by molar-refractivity contribution is -0.153. The Kier molecular flexibility index (Phi) is 2.92. The molecule has 0 saturated heterocycles. The molecule has 0 aliphatic heterocycles.